The summed E-state index contributed by atoms with van der Waals surface area (Å²) in [5.74, 6) is -1.84. The molecule has 64 heavy (non-hydrogen) atoms. The summed E-state index contributed by atoms with van der Waals surface area (Å²) in [7, 11) is 1.47. The Morgan fingerprint density at radius 3 is 2.45 bits per heavy atom. The van der Waals surface area contributed by atoms with E-state index in [1.165, 1.54) is 48.4 Å². The lowest BCUT2D eigenvalue weighted by atomic mass is 9.55. The summed E-state index contributed by atoms with van der Waals surface area (Å²) in [5, 5.41) is 35.9. The van der Waals surface area contributed by atoms with Gasteiger partial charge in [-0.2, -0.15) is 0 Å². The van der Waals surface area contributed by atoms with Gasteiger partial charge in [0.1, 0.15) is 42.8 Å². The van der Waals surface area contributed by atoms with Gasteiger partial charge in [0.05, 0.1) is 28.9 Å². The summed E-state index contributed by atoms with van der Waals surface area (Å²) >= 11 is 0. The van der Waals surface area contributed by atoms with Crippen LogP contribution in [0.1, 0.15) is 73.4 Å². The molecule has 0 saturated heterocycles. The molecule has 3 aliphatic rings. The third kappa shape index (κ3) is 10.1. The van der Waals surface area contributed by atoms with Crippen LogP contribution >= 0.6 is 0 Å². The van der Waals surface area contributed by atoms with E-state index < -0.39 is 34.6 Å². The molecular formula is C49H55FN4O10. The highest BCUT2D eigenvalue weighted by molar-refractivity contribution is 6.03. The van der Waals surface area contributed by atoms with Crippen molar-refractivity contribution in [3.8, 4) is 17.2 Å². The molecule has 1 amide bonds. The molecule has 1 saturated carbocycles. The largest absolute Gasteiger partial charge is 0.487 e. The number of hydrogen-bond acceptors (Lipinski definition) is 12. The zero-order chi connectivity index (χ0) is 45.2. The number of ether oxygens (including phenoxy) is 4. The second-order valence-corrected chi connectivity index (χ2v) is 16.4. The number of halogens is 1. The van der Waals surface area contributed by atoms with Gasteiger partial charge in [0, 0.05) is 55.5 Å². The van der Waals surface area contributed by atoms with Gasteiger partial charge < -0.3 is 34.0 Å². The van der Waals surface area contributed by atoms with Crippen molar-refractivity contribution in [1.82, 2.24) is 9.88 Å². The summed E-state index contributed by atoms with van der Waals surface area (Å²) < 4.78 is 41.0. The van der Waals surface area contributed by atoms with Crippen LogP contribution in [0.15, 0.2) is 114 Å². The molecule has 0 spiro atoms. The van der Waals surface area contributed by atoms with Gasteiger partial charge in [-0.1, -0.05) is 48.3 Å². The molecule has 6 atom stereocenters. The van der Waals surface area contributed by atoms with Crippen molar-refractivity contribution in [2.24, 2.45) is 22.9 Å². The number of aliphatic hydroxyl groups is 2. The number of oxime groups is 1. The van der Waals surface area contributed by atoms with Gasteiger partial charge in [-0.25, -0.2) is 9.18 Å². The van der Waals surface area contributed by atoms with E-state index in [4.69, 9.17) is 23.8 Å². The molecule has 3 aromatic carbocycles. The second-order valence-electron chi connectivity index (χ2n) is 16.4. The first kappa shape index (κ1) is 45.9. The smallest absolute Gasteiger partial charge is 0.416 e. The molecule has 0 radical (unpaired) electrons. The standard InChI is InChI=1S/C49H55FN4O10/c1-4-26-62-49-45(53(30-33-14-16-35(50)17-15-33)48(57)63-38-20-18-37(19-21-38)54(58)59)29-43(52-60-3)41-27-34(11-5-7-24-55)40(13-6-8-25-56)46(47(41)49)42-28-39(22-23-44(42)64-49)61-31-36-12-9-10-32(2)51-36/h4,9-10,12,14-23,27-28,34,40,45-47,55-56H,1,5-8,11,13,24-26,29-31H2,2-3H3/t34-,40+,45-,46+,47+,49+/m0/s1. The number of nitro groups is 1. The molecule has 4 aromatic rings. The first-order valence-corrected chi connectivity index (χ1v) is 21.7. The van der Waals surface area contributed by atoms with Crippen molar-refractivity contribution in [2.45, 2.75) is 82.8 Å². The normalized spacial score (nSPS) is 22.6. The average Bonchev–Trinajstić information content (AvgIpc) is 3.29. The third-order valence-electron chi connectivity index (χ3n) is 12.3. The fourth-order valence-electron chi connectivity index (χ4n) is 9.57. The van der Waals surface area contributed by atoms with Crippen molar-refractivity contribution in [3.05, 3.63) is 148 Å². The lowest BCUT2D eigenvalue weighted by molar-refractivity contribution is -0.384. The minimum absolute atomic E-state index is 0.00615. The molecule has 1 aliphatic heterocycles. The molecular weight excluding hydrogens is 824 g/mol. The van der Waals surface area contributed by atoms with E-state index in [1.54, 1.807) is 18.2 Å². The number of nitrogens with zero attached hydrogens (tertiary/aromatic N) is 4. The van der Waals surface area contributed by atoms with E-state index in [1.807, 2.05) is 43.3 Å². The molecule has 2 aliphatic carbocycles. The minimum atomic E-state index is -1.61. The predicted molar refractivity (Wildman–Crippen MR) is 236 cm³/mol. The van der Waals surface area contributed by atoms with Gasteiger partial charge in [-0.3, -0.25) is 20.0 Å². The molecule has 0 bridgehead atoms. The fraction of sp³-hybridized carbons (Fsp3) is 0.408. The highest BCUT2D eigenvalue weighted by Crippen LogP contribution is 2.62. The number of benzene rings is 3. The topological polar surface area (TPSA) is 175 Å². The molecule has 1 fully saturated rings. The number of aryl methyl sites for hydroxylation is 1. The third-order valence-corrected chi connectivity index (χ3v) is 12.3. The second kappa shape index (κ2) is 21.0. The minimum Gasteiger partial charge on any atom is -0.487 e. The zero-order valence-corrected chi connectivity index (χ0v) is 36.1. The lowest BCUT2D eigenvalue weighted by Gasteiger charge is -2.59. The number of fused-ring (bicyclic) bond motifs is 2. The first-order chi connectivity index (χ1) is 31.1. The highest BCUT2D eigenvalue weighted by atomic mass is 19.1. The van der Waals surface area contributed by atoms with Crippen LogP contribution in [-0.2, 0) is 22.7 Å². The Labute approximate surface area is 372 Å². The molecule has 14 nitrogen and oxygen atoms in total. The number of nitro benzene ring substituents is 1. The average molecular weight is 879 g/mol. The molecule has 338 valence electrons. The number of aliphatic hydroxyl groups excluding tert-OH is 2. The Kier molecular flexibility index (Phi) is 15.1. The Morgan fingerprint density at radius 1 is 1.03 bits per heavy atom. The van der Waals surface area contributed by atoms with E-state index in [-0.39, 0.29) is 68.6 Å². The van der Waals surface area contributed by atoms with Crippen molar-refractivity contribution >= 4 is 17.5 Å². The predicted octanol–water partition coefficient (Wildman–Crippen LogP) is 8.98. The number of allylic oxidation sites excluding steroid dienone is 1. The van der Waals surface area contributed by atoms with Gasteiger partial charge in [-0.15, -0.1) is 6.58 Å². The SMILES string of the molecule is C=CCO[C@@]12Oc3ccc(OCc4cccc(C)n4)cc3[C@H]3[C@H](CCCCO)[C@@H](CCCCO)C=C(C(=NOC)C[C@@H]1N(Cc1ccc(F)cc1)C(=O)Oc1ccc([N+](=O)[O-])cc1)[C@H]32. The van der Waals surface area contributed by atoms with Gasteiger partial charge in [0.25, 0.3) is 5.69 Å². The molecule has 7 rings (SSSR count). The summed E-state index contributed by atoms with van der Waals surface area (Å²) in [6.45, 7) is 6.20. The van der Waals surface area contributed by atoms with Crippen molar-refractivity contribution in [2.75, 3.05) is 26.9 Å². The number of unbranched alkanes of at least 4 members (excludes halogenated alkanes) is 2. The molecule has 0 unspecified atom stereocenters. The molecule has 15 heteroatoms. The number of carbonyl (C=O) groups is 1. The van der Waals surface area contributed by atoms with Crippen molar-refractivity contribution < 1.29 is 48.1 Å². The zero-order valence-electron chi connectivity index (χ0n) is 36.1. The Morgan fingerprint density at radius 2 is 1.77 bits per heavy atom. The number of non-ortho nitro benzene ring substituents is 1. The van der Waals surface area contributed by atoms with Crippen LogP contribution < -0.4 is 14.2 Å². The number of carbonyl (C=O) groups excluding carboxylic acids is 1. The number of pyridine rings is 1. The van der Waals surface area contributed by atoms with Crippen molar-refractivity contribution in [3.63, 3.8) is 0 Å². The summed E-state index contributed by atoms with van der Waals surface area (Å²) in [5.41, 5.74) is 4.34. The fourth-order valence-corrected chi connectivity index (χ4v) is 9.57. The quantitative estimate of drug-likeness (QED) is 0.0375. The van der Waals surface area contributed by atoms with E-state index >= 15 is 0 Å². The highest BCUT2D eigenvalue weighted by Gasteiger charge is 2.65. The van der Waals surface area contributed by atoms with Crippen LogP contribution in [0.5, 0.6) is 17.2 Å². The maximum atomic E-state index is 14.9. The van der Waals surface area contributed by atoms with E-state index in [9.17, 15) is 29.5 Å². The van der Waals surface area contributed by atoms with Crippen LogP contribution in [0.25, 0.3) is 0 Å². The van der Waals surface area contributed by atoms with Crippen LogP contribution in [0.3, 0.4) is 0 Å². The number of hydrogen-bond donors (Lipinski definition) is 2. The Hall–Kier alpha value is -6.16. The van der Waals surface area contributed by atoms with Gasteiger partial charge >= 0.3 is 6.09 Å². The maximum Gasteiger partial charge on any atom is 0.416 e. The molecule has 2 heterocycles. The van der Waals surface area contributed by atoms with Gasteiger partial charge in [0.2, 0.25) is 5.79 Å². The van der Waals surface area contributed by atoms with Crippen molar-refractivity contribution in [1.29, 1.82) is 0 Å². The lowest BCUT2D eigenvalue weighted by Crippen LogP contribution is -2.70. The number of rotatable bonds is 20. The summed E-state index contributed by atoms with van der Waals surface area (Å²) in [6, 6.07) is 21.5. The molecule has 2 N–H and O–H groups in total. The van der Waals surface area contributed by atoms with E-state index in [2.05, 4.69) is 22.8 Å². The van der Waals surface area contributed by atoms with Crippen LogP contribution in [-0.4, -0.2) is 75.6 Å². The molecule has 1 aromatic heterocycles. The summed E-state index contributed by atoms with van der Waals surface area (Å²) in [6.07, 6.45) is 7.35. The summed E-state index contributed by atoms with van der Waals surface area (Å²) in [4.78, 5) is 37.4. The van der Waals surface area contributed by atoms with Gasteiger partial charge in [-0.05, 0) is 110 Å². The van der Waals surface area contributed by atoms with E-state index in [0.29, 0.717) is 35.6 Å². The number of aromatic nitrogens is 1. The van der Waals surface area contributed by atoms with Gasteiger partial charge in [0.15, 0.2) is 0 Å². The maximum absolute atomic E-state index is 14.9. The van der Waals surface area contributed by atoms with E-state index in [0.717, 1.165) is 48.2 Å². The Bertz CT molecular complexity index is 2320. The monoisotopic (exact) mass is 878 g/mol. The Balaban J connectivity index is 1.42. The van der Waals surface area contributed by atoms with Crippen LogP contribution in [0.4, 0.5) is 14.9 Å². The number of amides is 1. The first-order valence-electron chi connectivity index (χ1n) is 21.7. The van der Waals surface area contributed by atoms with Crippen LogP contribution in [0.2, 0.25) is 0 Å². The van der Waals surface area contributed by atoms with Crippen LogP contribution in [0, 0.1) is 40.6 Å².